The normalized spacial score (nSPS) is 24.5. The van der Waals surface area contributed by atoms with Gasteiger partial charge in [-0.3, -0.25) is 0 Å². The van der Waals surface area contributed by atoms with Crippen LogP contribution in [0, 0.1) is 0 Å². The van der Waals surface area contributed by atoms with E-state index in [-0.39, 0.29) is 0 Å². The predicted molar refractivity (Wildman–Crippen MR) is 69.6 cm³/mol. The summed E-state index contributed by atoms with van der Waals surface area (Å²) in [6.45, 7) is 5.35. The van der Waals surface area contributed by atoms with Crippen LogP contribution in [0.4, 0.5) is 0 Å². The number of hydrogen-bond acceptors (Lipinski definition) is 4. The molecule has 0 aromatic rings. The Morgan fingerprint density at radius 2 is 1.94 bits per heavy atom. The minimum Gasteiger partial charge on any atom is -0.354 e. The molecule has 4 heteroatoms. The zero-order valence-corrected chi connectivity index (χ0v) is 10.2. The van der Waals surface area contributed by atoms with E-state index >= 15 is 0 Å². The maximum absolute atomic E-state index is 4.73. The topological polar surface area (TPSA) is 22.1 Å². The van der Waals surface area contributed by atoms with Gasteiger partial charge in [-0.05, 0) is 25.3 Å². The van der Waals surface area contributed by atoms with E-state index in [1.165, 1.54) is 0 Å². The van der Waals surface area contributed by atoms with Crippen molar-refractivity contribution in [3.63, 3.8) is 0 Å². The minimum absolute atomic E-state index is 0.932. The summed E-state index contributed by atoms with van der Waals surface area (Å²) in [7, 11) is 2.18. The fourth-order valence-electron chi connectivity index (χ4n) is 2.30. The maximum atomic E-state index is 4.73. The Morgan fingerprint density at radius 1 is 1.12 bits per heavy atom. The van der Waals surface area contributed by atoms with Gasteiger partial charge in [0.25, 0.3) is 0 Å². The largest absolute Gasteiger partial charge is 0.354 e. The number of allylic oxidation sites excluding steroid dienone is 2. The lowest BCUT2D eigenvalue weighted by Gasteiger charge is -2.36. The van der Waals surface area contributed by atoms with E-state index in [4.69, 9.17) is 4.99 Å². The second-order valence-electron chi connectivity index (χ2n) is 4.68. The van der Waals surface area contributed by atoms with Gasteiger partial charge in [0.1, 0.15) is 11.7 Å². The Kier molecular flexibility index (Phi) is 2.73. The molecule has 0 spiro atoms. The Hall–Kier alpha value is -1.55. The van der Waals surface area contributed by atoms with Crippen LogP contribution in [0.1, 0.15) is 0 Å². The molecule has 0 aliphatic carbocycles. The van der Waals surface area contributed by atoms with Gasteiger partial charge in [0, 0.05) is 38.9 Å². The number of amidine groups is 1. The van der Waals surface area contributed by atoms with Crippen LogP contribution in [0.25, 0.3) is 0 Å². The summed E-state index contributed by atoms with van der Waals surface area (Å²) in [6.07, 6.45) is 10.5. The summed E-state index contributed by atoms with van der Waals surface area (Å²) in [5.74, 6) is 2.20. The smallest absolute Gasteiger partial charge is 0.135 e. The first kappa shape index (κ1) is 10.6. The molecule has 3 aliphatic rings. The molecule has 3 aliphatic heterocycles. The third-order valence-corrected chi connectivity index (χ3v) is 3.44. The van der Waals surface area contributed by atoms with Crippen LogP contribution in [-0.2, 0) is 0 Å². The molecular weight excluding hydrogens is 212 g/mol. The van der Waals surface area contributed by atoms with Gasteiger partial charge >= 0.3 is 0 Å². The lowest BCUT2D eigenvalue weighted by atomic mass is 10.2. The van der Waals surface area contributed by atoms with Crippen LogP contribution in [-0.4, -0.2) is 60.3 Å². The molecule has 1 saturated heterocycles. The van der Waals surface area contributed by atoms with E-state index in [1.807, 2.05) is 12.2 Å². The van der Waals surface area contributed by atoms with Crippen LogP contribution in [0.15, 0.2) is 41.3 Å². The quantitative estimate of drug-likeness (QED) is 0.667. The highest BCUT2D eigenvalue weighted by Gasteiger charge is 2.20. The molecular formula is C13H18N4. The van der Waals surface area contributed by atoms with Crippen molar-refractivity contribution >= 4 is 5.84 Å². The first-order valence-electron chi connectivity index (χ1n) is 6.17. The van der Waals surface area contributed by atoms with E-state index in [0.717, 1.165) is 44.4 Å². The zero-order valence-electron chi connectivity index (χ0n) is 10.2. The number of hydrogen-bond donors (Lipinski definition) is 0. The van der Waals surface area contributed by atoms with Crippen LogP contribution in [0.3, 0.4) is 0 Å². The van der Waals surface area contributed by atoms with Gasteiger partial charge in [-0.15, -0.1) is 0 Å². The van der Waals surface area contributed by atoms with E-state index in [2.05, 4.69) is 40.1 Å². The molecule has 0 aromatic carbocycles. The van der Waals surface area contributed by atoms with Crippen molar-refractivity contribution < 1.29 is 0 Å². The van der Waals surface area contributed by atoms with E-state index in [1.54, 1.807) is 0 Å². The molecule has 17 heavy (non-hydrogen) atoms. The Morgan fingerprint density at radius 3 is 2.76 bits per heavy atom. The molecule has 1 fully saturated rings. The SMILES string of the molecule is CN1CCN(C2=CCN3C=CC=CC3=N2)CC1. The van der Waals surface area contributed by atoms with Gasteiger partial charge in [-0.2, -0.15) is 0 Å². The number of rotatable bonds is 1. The summed E-state index contributed by atoms with van der Waals surface area (Å²) >= 11 is 0. The average Bonchev–Trinajstić information content (AvgIpc) is 2.39. The average molecular weight is 230 g/mol. The van der Waals surface area contributed by atoms with Crippen molar-refractivity contribution in [2.75, 3.05) is 39.8 Å². The fraction of sp³-hybridized carbons (Fsp3) is 0.462. The van der Waals surface area contributed by atoms with Gasteiger partial charge in [-0.1, -0.05) is 6.08 Å². The van der Waals surface area contributed by atoms with Crippen LogP contribution < -0.4 is 0 Å². The third-order valence-electron chi connectivity index (χ3n) is 3.44. The molecule has 0 amide bonds. The first-order chi connectivity index (χ1) is 8.33. The Bertz CT molecular complexity index is 411. The van der Waals surface area contributed by atoms with Gasteiger partial charge in [-0.25, -0.2) is 4.99 Å². The number of fused-ring (bicyclic) bond motifs is 1. The maximum Gasteiger partial charge on any atom is 0.135 e. The van der Waals surface area contributed by atoms with Crippen molar-refractivity contribution in [3.05, 3.63) is 36.3 Å². The number of piperazine rings is 1. The van der Waals surface area contributed by atoms with E-state index in [9.17, 15) is 0 Å². The van der Waals surface area contributed by atoms with E-state index in [0.29, 0.717) is 0 Å². The predicted octanol–water partition coefficient (Wildman–Crippen LogP) is 0.873. The molecule has 3 rings (SSSR count). The van der Waals surface area contributed by atoms with E-state index < -0.39 is 0 Å². The number of nitrogens with zero attached hydrogens (tertiary/aromatic N) is 4. The van der Waals surface area contributed by atoms with Gasteiger partial charge in [0.2, 0.25) is 0 Å². The molecule has 0 unspecified atom stereocenters. The molecule has 0 saturated carbocycles. The van der Waals surface area contributed by atoms with Gasteiger partial charge < -0.3 is 14.7 Å². The van der Waals surface area contributed by atoms with Crippen LogP contribution >= 0.6 is 0 Å². The molecule has 0 radical (unpaired) electrons. The molecule has 90 valence electrons. The van der Waals surface area contributed by atoms with Crippen molar-refractivity contribution in [3.8, 4) is 0 Å². The lowest BCUT2D eigenvalue weighted by molar-refractivity contribution is 0.184. The minimum atomic E-state index is 0.932. The summed E-state index contributed by atoms with van der Waals surface area (Å²) < 4.78 is 0. The third kappa shape index (κ3) is 2.13. The fourth-order valence-corrected chi connectivity index (χ4v) is 2.30. The molecule has 0 N–H and O–H groups in total. The molecule has 0 aromatic heterocycles. The lowest BCUT2D eigenvalue weighted by Crippen LogP contribution is -2.44. The summed E-state index contributed by atoms with van der Waals surface area (Å²) in [5.41, 5.74) is 0. The van der Waals surface area contributed by atoms with Crippen LogP contribution in [0.2, 0.25) is 0 Å². The van der Waals surface area contributed by atoms with Crippen molar-refractivity contribution in [2.24, 2.45) is 4.99 Å². The second-order valence-corrected chi connectivity index (χ2v) is 4.68. The second kappa shape index (κ2) is 4.37. The highest BCUT2D eigenvalue weighted by atomic mass is 15.3. The number of aliphatic imine (C=N–C) groups is 1. The number of likely N-dealkylation sites (N-methyl/N-ethyl adjacent to an activating group) is 1. The standard InChI is InChI=1S/C13H18N4/c1-15-8-10-17(11-9-15)13-5-7-16-6-3-2-4-12(16)14-13/h2-6H,7-11H2,1H3. The first-order valence-corrected chi connectivity index (χ1v) is 6.17. The molecule has 3 heterocycles. The van der Waals surface area contributed by atoms with Gasteiger partial charge in [0.15, 0.2) is 0 Å². The molecule has 0 atom stereocenters. The Labute approximate surface area is 102 Å². The van der Waals surface area contributed by atoms with Crippen molar-refractivity contribution in [2.45, 2.75) is 0 Å². The monoisotopic (exact) mass is 230 g/mol. The Balaban J connectivity index is 1.73. The van der Waals surface area contributed by atoms with Gasteiger partial charge in [0.05, 0.1) is 0 Å². The highest BCUT2D eigenvalue weighted by Crippen LogP contribution is 2.17. The summed E-state index contributed by atoms with van der Waals surface area (Å²) in [6, 6.07) is 0. The summed E-state index contributed by atoms with van der Waals surface area (Å²) in [5, 5.41) is 0. The zero-order chi connectivity index (χ0) is 11.7. The van der Waals surface area contributed by atoms with Crippen LogP contribution in [0.5, 0.6) is 0 Å². The van der Waals surface area contributed by atoms with Crippen molar-refractivity contribution in [1.29, 1.82) is 0 Å². The highest BCUT2D eigenvalue weighted by molar-refractivity contribution is 5.96. The summed E-state index contributed by atoms with van der Waals surface area (Å²) in [4.78, 5) is 11.6. The van der Waals surface area contributed by atoms with Crippen molar-refractivity contribution in [1.82, 2.24) is 14.7 Å². The molecule has 0 bridgehead atoms. The molecule has 4 nitrogen and oxygen atoms in total.